The van der Waals surface area contributed by atoms with Crippen LogP contribution in [0, 0.1) is 0 Å². The largest absolute Gasteiger partial charge is 0.462 e. The molecule has 0 aliphatic carbocycles. The molecular weight excluding hydrogens is 336 g/mol. The Morgan fingerprint density at radius 2 is 1.85 bits per heavy atom. The van der Waals surface area contributed by atoms with Crippen LogP contribution < -0.4 is 5.32 Å². The fourth-order valence-electron chi connectivity index (χ4n) is 2.49. The Kier molecular flexibility index (Phi) is 5.75. The van der Waals surface area contributed by atoms with Gasteiger partial charge in [-0.15, -0.1) is 10.2 Å². The number of aromatic nitrogens is 2. The minimum atomic E-state index is -0.357. The van der Waals surface area contributed by atoms with Crippen LogP contribution in [0.3, 0.4) is 0 Å². The topological polar surface area (TPSA) is 93.7 Å². The third-order valence-corrected chi connectivity index (χ3v) is 3.85. The number of hydrogen-bond donors (Lipinski definition) is 1. The summed E-state index contributed by atoms with van der Waals surface area (Å²) in [5.74, 6) is 0.00312. The maximum absolute atomic E-state index is 12.3. The SMILES string of the molecule is CCOC(=O)c1ccc(Nc2ccc(C(=O)N3CCOCC3)nn2)cc1. The lowest BCUT2D eigenvalue weighted by molar-refractivity contribution is 0.0298. The van der Waals surface area contributed by atoms with E-state index < -0.39 is 0 Å². The quantitative estimate of drug-likeness (QED) is 0.817. The monoisotopic (exact) mass is 356 g/mol. The van der Waals surface area contributed by atoms with E-state index in [9.17, 15) is 9.59 Å². The Morgan fingerprint density at radius 3 is 2.46 bits per heavy atom. The molecule has 3 rings (SSSR count). The second kappa shape index (κ2) is 8.39. The van der Waals surface area contributed by atoms with Crippen LogP contribution in [-0.4, -0.2) is 59.9 Å². The van der Waals surface area contributed by atoms with E-state index in [1.165, 1.54) is 0 Å². The number of esters is 1. The number of hydrogen-bond acceptors (Lipinski definition) is 7. The maximum Gasteiger partial charge on any atom is 0.338 e. The van der Waals surface area contributed by atoms with E-state index in [1.807, 2.05) is 0 Å². The number of nitrogens with one attached hydrogen (secondary N) is 1. The Morgan fingerprint density at radius 1 is 1.12 bits per heavy atom. The number of rotatable bonds is 5. The first-order valence-corrected chi connectivity index (χ1v) is 8.42. The third-order valence-electron chi connectivity index (χ3n) is 3.85. The number of morpholine rings is 1. The van der Waals surface area contributed by atoms with Gasteiger partial charge in [0.2, 0.25) is 0 Å². The minimum Gasteiger partial charge on any atom is -0.462 e. The predicted molar refractivity (Wildman–Crippen MR) is 94.4 cm³/mol. The van der Waals surface area contributed by atoms with Crippen molar-refractivity contribution in [1.82, 2.24) is 15.1 Å². The van der Waals surface area contributed by atoms with Crippen LogP contribution in [0.15, 0.2) is 36.4 Å². The van der Waals surface area contributed by atoms with Crippen molar-refractivity contribution in [2.24, 2.45) is 0 Å². The van der Waals surface area contributed by atoms with Gasteiger partial charge in [0.1, 0.15) is 0 Å². The van der Waals surface area contributed by atoms with Crippen molar-refractivity contribution in [3.05, 3.63) is 47.7 Å². The van der Waals surface area contributed by atoms with Crippen molar-refractivity contribution in [3.8, 4) is 0 Å². The van der Waals surface area contributed by atoms with Gasteiger partial charge in [0.15, 0.2) is 11.5 Å². The van der Waals surface area contributed by atoms with E-state index in [1.54, 1.807) is 48.2 Å². The second-order valence-electron chi connectivity index (χ2n) is 5.63. The predicted octanol–water partition coefficient (Wildman–Crippen LogP) is 1.87. The molecule has 0 unspecified atom stereocenters. The molecule has 1 aliphatic heterocycles. The zero-order valence-corrected chi connectivity index (χ0v) is 14.5. The normalized spacial score (nSPS) is 14.0. The first-order chi connectivity index (χ1) is 12.7. The summed E-state index contributed by atoms with van der Waals surface area (Å²) in [4.78, 5) is 25.7. The van der Waals surface area contributed by atoms with Gasteiger partial charge in [0.25, 0.3) is 5.91 Å². The number of nitrogens with zero attached hydrogens (tertiary/aromatic N) is 3. The van der Waals surface area contributed by atoms with Crippen molar-refractivity contribution >= 4 is 23.4 Å². The maximum atomic E-state index is 12.3. The van der Waals surface area contributed by atoms with Crippen LogP contribution >= 0.6 is 0 Å². The number of carbonyl (C=O) groups excluding carboxylic acids is 2. The van der Waals surface area contributed by atoms with E-state index >= 15 is 0 Å². The molecular formula is C18H20N4O4. The molecule has 26 heavy (non-hydrogen) atoms. The molecule has 1 N–H and O–H groups in total. The van der Waals surface area contributed by atoms with Gasteiger partial charge in [0, 0.05) is 18.8 Å². The molecule has 0 spiro atoms. The van der Waals surface area contributed by atoms with Crippen LogP contribution in [0.4, 0.5) is 11.5 Å². The fraction of sp³-hybridized carbons (Fsp3) is 0.333. The molecule has 1 aromatic carbocycles. The van der Waals surface area contributed by atoms with E-state index in [0.717, 1.165) is 5.69 Å². The average molecular weight is 356 g/mol. The highest BCUT2D eigenvalue weighted by Gasteiger charge is 2.19. The molecule has 1 aliphatic rings. The highest BCUT2D eigenvalue weighted by molar-refractivity contribution is 5.92. The van der Waals surface area contributed by atoms with E-state index in [4.69, 9.17) is 9.47 Å². The molecule has 1 aromatic heterocycles. The molecule has 0 atom stereocenters. The lowest BCUT2D eigenvalue weighted by Crippen LogP contribution is -2.41. The first-order valence-electron chi connectivity index (χ1n) is 8.42. The smallest absolute Gasteiger partial charge is 0.338 e. The number of benzene rings is 1. The van der Waals surface area contributed by atoms with Gasteiger partial charge < -0.3 is 19.7 Å². The molecule has 2 aromatic rings. The van der Waals surface area contributed by atoms with Gasteiger partial charge in [0.05, 0.1) is 25.4 Å². The highest BCUT2D eigenvalue weighted by Crippen LogP contribution is 2.16. The summed E-state index contributed by atoms with van der Waals surface area (Å²) < 4.78 is 10.2. The van der Waals surface area contributed by atoms with Crippen molar-refractivity contribution in [1.29, 1.82) is 0 Å². The number of amides is 1. The molecule has 1 saturated heterocycles. The fourth-order valence-corrected chi connectivity index (χ4v) is 2.49. The van der Waals surface area contributed by atoms with Crippen LogP contribution in [0.2, 0.25) is 0 Å². The van der Waals surface area contributed by atoms with Crippen LogP contribution in [0.1, 0.15) is 27.8 Å². The molecule has 136 valence electrons. The lowest BCUT2D eigenvalue weighted by atomic mass is 10.2. The molecule has 0 saturated carbocycles. The summed E-state index contributed by atoms with van der Waals surface area (Å²) >= 11 is 0. The zero-order valence-electron chi connectivity index (χ0n) is 14.5. The van der Waals surface area contributed by atoms with Crippen molar-refractivity contribution < 1.29 is 19.1 Å². The van der Waals surface area contributed by atoms with Gasteiger partial charge in [-0.1, -0.05) is 0 Å². The van der Waals surface area contributed by atoms with Crippen LogP contribution in [0.5, 0.6) is 0 Å². The zero-order chi connectivity index (χ0) is 18.4. The first kappa shape index (κ1) is 17.8. The van der Waals surface area contributed by atoms with E-state index in [0.29, 0.717) is 50.0 Å². The molecule has 8 heteroatoms. The number of carbonyl (C=O) groups is 2. The van der Waals surface area contributed by atoms with E-state index in [-0.39, 0.29) is 11.9 Å². The number of anilines is 2. The van der Waals surface area contributed by atoms with Crippen LogP contribution in [0.25, 0.3) is 0 Å². The summed E-state index contributed by atoms with van der Waals surface area (Å²) in [5.41, 5.74) is 1.53. The minimum absolute atomic E-state index is 0.147. The summed E-state index contributed by atoms with van der Waals surface area (Å²) in [7, 11) is 0. The average Bonchev–Trinajstić information content (AvgIpc) is 2.69. The van der Waals surface area contributed by atoms with Crippen molar-refractivity contribution in [3.63, 3.8) is 0 Å². The number of ether oxygens (including phenoxy) is 2. The third kappa shape index (κ3) is 4.34. The van der Waals surface area contributed by atoms with Gasteiger partial charge in [-0.05, 0) is 43.3 Å². The molecule has 0 radical (unpaired) electrons. The highest BCUT2D eigenvalue weighted by atomic mass is 16.5. The summed E-state index contributed by atoms with van der Waals surface area (Å²) in [5, 5.41) is 11.1. The molecule has 2 heterocycles. The molecule has 1 amide bonds. The summed E-state index contributed by atoms with van der Waals surface area (Å²) in [6.45, 7) is 4.31. The van der Waals surface area contributed by atoms with Gasteiger partial charge in [-0.3, -0.25) is 4.79 Å². The van der Waals surface area contributed by atoms with E-state index in [2.05, 4.69) is 15.5 Å². The Bertz CT molecular complexity index is 756. The Labute approximate surface area is 151 Å². The van der Waals surface area contributed by atoms with Gasteiger partial charge in [-0.25, -0.2) is 4.79 Å². The summed E-state index contributed by atoms with van der Waals surface area (Å²) in [6.07, 6.45) is 0. The molecule has 1 fully saturated rings. The van der Waals surface area contributed by atoms with Gasteiger partial charge >= 0.3 is 5.97 Å². The second-order valence-corrected chi connectivity index (χ2v) is 5.63. The molecule has 0 bridgehead atoms. The molecule has 8 nitrogen and oxygen atoms in total. The summed E-state index contributed by atoms with van der Waals surface area (Å²) in [6, 6.07) is 10.2. The van der Waals surface area contributed by atoms with Crippen molar-refractivity contribution in [2.75, 3.05) is 38.2 Å². The Balaban J connectivity index is 1.62. The van der Waals surface area contributed by atoms with Crippen molar-refractivity contribution in [2.45, 2.75) is 6.92 Å². The standard InChI is InChI=1S/C18H20N4O4/c1-2-26-18(24)13-3-5-14(6-4-13)19-16-8-7-15(20-21-16)17(23)22-9-11-25-12-10-22/h3-8H,2,9-12H2,1H3,(H,19,21). The van der Waals surface area contributed by atoms with Crippen LogP contribution in [-0.2, 0) is 9.47 Å². The van der Waals surface area contributed by atoms with Gasteiger partial charge in [-0.2, -0.15) is 0 Å². The lowest BCUT2D eigenvalue weighted by Gasteiger charge is -2.26. The Hall–Kier alpha value is -3.00.